The Balaban J connectivity index is 1.99. The highest BCUT2D eigenvalue weighted by Gasteiger charge is 2.07. The maximum absolute atomic E-state index is 13.3. The number of para-hydroxylation sites is 1. The van der Waals surface area contributed by atoms with Crippen molar-refractivity contribution in [3.05, 3.63) is 59.2 Å². The molecule has 2 heterocycles. The van der Waals surface area contributed by atoms with Gasteiger partial charge in [0.1, 0.15) is 0 Å². The van der Waals surface area contributed by atoms with Crippen LogP contribution in [-0.4, -0.2) is 9.97 Å². The van der Waals surface area contributed by atoms with Gasteiger partial charge in [0.25, 0.3) is 0 Å². The van der Waals surface area contributed by atoms with Gasteiger partial charge in [0.15, 0.2) is 0 Å². The second-order valence-corrected chi connectivity index (χ2v) is 4.80. The lowest BCUT2D eigenvalue weighted by Gasteiger charge is -2.09. The summed E-state index contributed by atoms with van der Waals surface area (Å²) < 4.78 is 13.6. The first kappa shape index (κ1) is 12.0. The Bertz CT molecular complexity index is 746. The molecule has 0 spiro atoms. The van der Waals surface area contributed by atoms with Crippen molar-refractivity contribution in [2.75, 3.05) is 5.32 Å². The van der Waals surface area contributed by atoms with Crippen molar-refractivity contribution in [1.82, 2.24) is 9.97 Å². The third-order valence-corrected chi connectivity index (χ3v) is 3.47. The largest absolute Gasteiger partial charge is 0.353 e. The molecule has 0 radical (unpaired) electrons. The van der Waals surface area contributed by atoms with E-state index in [1.807, 2.05) is 30.3 Å². The molecule has 0 aliphatic rings. The fourth-order valence-electron chi connectivity index (χ4n) is 1.81. The average Bonchev–Trinajstić information content (AvgIpc) is 2.44. The van der Waals surface area contributed by atoms with Gasteiger partial charge in [-0.15, -0.1) is 0 Å². The molecule has 0 atom stereocenters. The number of rotatable bonds is 2. The van der Waals surface area contributed by atoms with E-state index in [1.54, 1.807) is 12.3 Å². The van der Waals surface area contributed by atoms with Gasteiger partial charge in [-0.3, -0.25) is 4.98 Å². The van der Waals surface area contributed by atoms with E-state index < -0.39 is 5.95 Å². The van der Waals surface area contributed by atoms with E-state index in [9.17, 15) is 4.39 Å². The number of halogens is 2. The molecule has 0 saturated heterocycles. The number of nitrogens with one attached hydrogen (secondary N) is 1. The summed E-state index contributed by atoms with van der Waals surface area (Å²) in [5.41, 5.74) is 2.34. The fraction of sp³-hybridized carbons (Fsp3) is 0. The summed E-state index contributed by atoms with van der Waals surface area (Å²) in [4.78, 5) is 7.90. The molecule has 1 aromatic carbocycles. The third kappa shape index (κ3) is 2.42. The van der Waals surface area contributed by atoms with Crippen LogP contribution in [0.5, 0.6) is 0 Å². The summed E-state index contributed by atoms with van der Waals surface area (Å²) in [6.07, 6.45) is 3.13. The minimum absolute atomic E-state index is 0.308. The van der Waals surface area contributed by atoms with E-state index >= 15 is 0 Å². The molecule has 5 heteroatoms. The van der Waals surface area contributed by atoms with Gasteiger partial charge in [0.2, 0.25) is 5.95 Å². The zero-order valence-electron chi connectivity index (χ0n) is 9.77. The summed E-state index contributed by atoms with van der Waals surface area (Å²) >= 11 is 3.17. The first-order chi connectivity index (χ1) is 9.24. The second-order valence-electron chi connectivity index (χ2n) is 4.00. The molecule has 19 heavy (non-hydrogen) atoms. The lowest BCUT2D eigenvalue weighted by molar-refractivity contribution is 0.577. The van der Waals surface area contributed by atoms with Crippen molar-refractivity contribution in [2.24, 2.45) is 0 Å². The summed E-state index contributed by atoms with van der Waals surface area (Å²) in [6.45, 7) is 0. The molecule has 3 nitrogen and oxygen atoms in total. The highest BCUT2D eigenvalue weighted by molar-refractivity contribution is 9.10. The molecular formula is C14H9BrFN3. The minimum atomic E-state index is -0.543. The van der Waals surface area contributed by atoms with Crippen LogP contribution in [0.15, 0.2) is 53.3 Å². The van der Waals surface area contributed by atoms with Gasteiger partial charge in [0.05, 0.1) is 27.6 Å². The van der Waals surface area contributed by atoms with Crippen LogP contribution in [0.25, 0.3) is 10.9 Å². The van der Waals surface area contributed by atoms with E-state index in [0.29, 0.717) is 10.2 Å². The number of hydrogen-bond donors (Lipinski definition) is 1. The Morgan fingerprint density at radius 2 is 1.95 bits per heavy atom. The molecule has 0 aliphatic carbocycles. The summed E-state index contributed by atoms with van der Waals surface area (Å²) in [7, 11) is 0. The van der Waals surface area contributed by atoms with Crippen LogP contribution in [0.4, 0.5) is 15.8 Å². The monoisotopic (exact) mass is 317 g/mol. The predicted molar refractivity (Wildman–Crippen MR) is 76.9 cm³/mol. The molecule has 0 fully saturated rings. The minimum Gasteiger partial charge on any atom is -0.353 e. The number of aromatic nitrogens is 2. The van der Waals surface area contributed by atoms with Crippen LogP contribution in [0.2, 0.25) is 0 Å². The lowest BCUT2D eigenvalue weighted by Crippen LogP contribution is -1.95. The topological polar surface area (TPSA) is 37.8 Å². The number of benzene rings is 1. The number of fused-ring (bicyclic) bond motifs is 1. The van der Waals surface area contributed by atoms with Crippen LogP contribution in [-0.2, 0) is 0 Å². The molecule has 0 unspecified atom stereocenters. The Kier molecular flexibility index (Phi) is 3.13. The number of nitrogens with zero attached hydrogens (tertiary/aromatic N) is 2. The standard InChI is InChI=1S/C14H9BrFN3/c15-13-12(5-6-17-14(13)16)19-10-7-9-3-1-2-4-11(9)18-8-10/h1-8H,(H,17,19). The van der Waals surface area contributed by atoms with E-state index in [1.165, 1.54) is 6.20 Å². The third-order valence-electron chi connectivity index (χ3n) is 2.72. The zero-order valence-corrected chi connectivity index (χ0v) is 11.4. The molecule has 0 amide bonds. The normalized spacial score (nSPS) is 10.6. The van der Waals surface area contributed by atoms with Crippen molar-refractivity contribution in [3.8, 4) is 0 Å². The highest BCUT2D eigenvalue weighted by Crippen LogP contribution is 2.27. The van der Waals surface area contributed by atoms with Crippen LogP contribution in [0.1, 0.15) is 0 Å². The molecule has 0 bridgehead atoms. The maximum Gasteiger partial charge on any atom is 0.229 e. The highest BCUT2D eigenvalue weighted by atomic mass is 79.9. The molecule has 0 aliphatic heterocycles. The second kappa shape index (κ2) is 4.93. The van der Waals surface area contributed by atoms with Crippen molar-refractivity contribution < 1.29 is 4.39 Å². The molecule has 94 valence electrons. The van der Waals surface area contributed by atoms with E-state index in [-0.39, 0.29) is 0 Å². The van der Waals surface area contributed by atoms with Gasteiger partial charge in [-0.1, -0.05) is 18.2 Å². The number of anilines is 2. The van der Waals surface area contributed by atoms with Gasteiger partial charge in [-0.05, 0) is 34.1 Å². The smallest absolute Gasteiger partial charge is 0.229 e. The fourth-order valence-corrected chi connectivity index (χ4v) is 2.14. The number of hydrogen-bond acceptors (Lipinski definition) is 3. The first-order valence-corrected chi connectivity index (χ1v) is 6.45. The van der Waals surface area contributed by atoms with Crippen molar-refractivity contribution in [2.45, 2.75) is 0 Å². The Morgan fingerprint density at radius 1 is 1.11 bits per heavy atom. The lowest BCUT2D eigenvalue weighted by atomic mass is 10.2. The molecule has 1 N–H and O–H groups in total. The van der Waals surface area contributed by atoms with Crippen LogP contribution >= 0.6 is 15.9 Å². The van der Waals surface area contributed by atoms with Gasteiger partial charge in [-0.2, -0.15) is 4.39 Å². The van der Waals surface area contributed by atoms with E-state index in [0.717, 1.165) is 16.6 Å². The van der Waals surface area contributed by atoms with Gasteiger partial charge in [0, 0.05) is 11.6 Å². The molecule has 3 aromatic rings. The quantitative estimate of drug-likeness (QED) is 0.717. The van der Waals surface area contributed by atoms with Crippen molar-refractivity contribution >= 4 is 38.2 Å². The SMILES string of the molecule is Fc1nccc(Nc2cnc3ccccc3c2)c1Br. The molecule has 2 aromatic heterocycles. The zero-order chi connectivity index (χ0) is 13.2. The Hall–Kier alpha value is -2.01. The van der Waals surface area contributed by atoms with Crippen LogP contribution in [0, 0.1) is 5.95 Å². The number of pyridine rings is 2. The summed E-state index contributed by atoms with van der Waals surface area (Å²) in [6, 6.07) is 11.5. The van der Waals surface area contributed by atoms with Gasteiger partial charge >= 0.3 is 0 Å². The molecule has 3 rings (SSSR count). The maximum atomic E-state index is 13.3. The summed E-state index contributed by atoms with van der Waals surface area (Å²) in [5.74, 6) is -0.543. The van der Waals surface area contributed by atoms with Crippen LogP contribution in [0.3, 0.4) is 0 Å². The average molecular weight is 318 g/mol. The van der Waals surface area contributed by atoms with Gasteiger partial charge in [-0.25, -0.2) is 4.98 Å². The molecule has 0 saturated carbocycles. The van der Waals surface area contributed by atoms with Crippen molar-refractivity contribution in [1.29, 1.82) is 0 Å². The Morgan fingerprint density at radius 3 is 2.84 bits per heavy atom. The van der Waals surface area contributed by atoms with Crippen LogP contribution < -0.4 is 5.32 Å². The summed E-state index contributed by atoms with van der Waals surface area (Å²) in [5, 5.41) is 4.14. The van der Waals surface area contributed by atoms with Gasteiger partial charge < -0.3 is 5.32 Å². The first-order valence-electron chi connectivity index (χ1n) is 5.66. The molecular weight excluding hydrogens is 309 g/mol. The van der Waals surface area contributed by atoms with E-state index in [2.05, 4.69) is 31.2 Å². The predicted octanol–water partition coefficient (Wildman–Crippen LogP) is 4.28. The van der Waals surface area contributed by atoms with Crippen molar-refractivity contribution in [3.63, 3.8) is 0 Å². The van der Waals surface area contributed by atoms with E-state index in [4.69, 9.17) is 0 Å². The Labute approximate surface area is 117 Å².